The number of aromatic nitrogens is 2. The van der Waals surface area contributed by atoms with Crippen LogP contribution in [-0.4, -0.2) is 32.6 Å². The van der Waals surface area contributed by atoms with Crippen molar-refractivity contribution in [3.63, 3.8) is 0 Å². The fraction of sp³-hybridized carbons (Fsp3) is 0.500. The molecule has 0 bridgehead atoms. The highest BCUT2D eigenvalue weighted by Crippen LogP contribution is 2.71. The zero-order chi connectivity index (χ0) is 21.6. The van der Waals surface area contributed by atoms with Gasteiger partial charge >= 0.3 is 12.1 Å². The smallest absolute Gasteiger partial charge is 0.329 e. The first-order chi connectivity index (χ1) is 13.5. The highest BCUT2D eigenvalue weighted by Gasteiger charge is 2.77. The molecule has 1 heterocycles. The second-order valence-corrected chi connectivity index (χ2v) is 8.20. The van der Waals surface area contributed by atoms with Crippen molar-refractivity contribution in [1.29, 1.82) is 0 Å². The summed E-state index contributed by atoms with van der Waals surface area (Å²) in [6.45, 7) is 3.75. The van der Waals surface area contributed by atoms with Gasteiger partial charge in [0.25, 0.3) is 5.91 Å². The van der Waals surface area contributed by atoms with Gasteiger partial charge in [0, 0.05) is 11.5 Å². The van der Waals surface area contributed by atoms with Crippen LogP contribution in [0.4, 0.5) is 13.2 Å². The number of carbonyl (C=O) groups excluding carboxylic acids is 1. The minimum Gasteiger partial charge on any atom is -0.329 e. The Balaban J connectivity index is 1.75. The van der Waals surface area contributed by atoms with E-state index in [0.29, 0.717) is 17.5 Å². The largest absolute Gasteiger partial charge is 0.471 e. The Bertz CT molecular complexity index is 902. The lowest BCUT2D eigenvalue weighted by Gasteiger charge is -2.26. The van der Waals surface area contributed by atoms with Gasteiger partial charge in [0.2, 0.25) is 5.82 Å². The van der Waals surface area contributed by atoms with Crippen molar-refractivity contribution in [3.8, 4) is 11.4 Å². The molecule has 0 aliphatic heterocycles. The van der Waals surface area contributed by atoms with Gasteiger partial charge in [-0.2, -0.15) is 18.2 Å². The standard InChI is InChI=1S/C18H18Cl2F3N3O3/c1-4-16(10(2)17(16,19)20)15(27)26(28-3)9-11-5-7-12(8-6-11)13-24-14(29-25-13)18(21,22)23/h5-8,10H,4,9H2,1-3H3. The molecular weight excluding hydrogens is 434 g/mol. The summed E-state index contributed by atoms with van der Waals surface area (Å²) in [6, 6.07) is 6.31. The first kappa shape index (κ1) is 21.9. The third-order valence-electron chi connectivity index (χ3n) is 5.39. The van der Waals surface area contributed by atoms with Gasteiger partial charge in [0.1, 0.15) is 4.33 Å². The van der Waals surface area contributed by atoms with E-state index < -0.39 is 21.8 Å². The molecule has 29 heavy (non-hydrogen) atoms. The van der Waals surface area contributed by atoms with E-state index in [4.69, 9.17) is 28.0 Å². The first-order valence-corrected chi connectivity index (χ1v) is 9.48. The Morgan fingerprint density at radius 1 is 1.31 bits per heavy atom. The molecule has 0 N–H and O–H groups in total. The van der Waals surface area contributed by atoms with Crippen LogP contribution >= 0.6 is 23.2 Å². The Kier molecular flexibility index (Phi) is 5.61. The molecular formula is C18H18Cl2F3N3O3. The van der Waals surface area contributed by atoms with Crippen molar-refractivity contribution >= 4 is 29.1 Å². The molecule has 1 aromatic carbocycles. The number of benzene rings is 1. The van der Waals surface area contributed by atoms with E-state index in [-0.39, 0.29) is 24.2 Å². The van der Waals surface area contributed by atoms with E-state index in [1.807, 2.05) is 13.8 Å². The van der Waals surface area contributed by atoms with E-state index in [0.717, 1.165) is 0 Å². The number of hydrogen-bond donors (Lipinski definition) is 0. The summed E-state index contributed by atoms with van der Waals surface area (Å²) in [5.74, 6) is -2.15. The molecule has 1 fully saturated rings. The van der Waals surface area contributed by atoms with Crippen LogP contribution in [0.2, 0.25) is 0 Å². The van der Waals surface area contributed by atoms with Crippen LogP contribution in [0.5, 0.6) is 0 Å². The van der Waals surface area contributed by atoms with Crippen molar-refractivity contribution < 1.29 is 27.3 Å². The van der Waals surface area contributed by atoms with Gasteiger partial charge in [-0.05, 0) is 12.0 Å². The minimum atomic E-state index is -4.71. The number of hydrogen-bond acceptors (Lipinski definition) is 5. The van der Waals surface area contributed by atoms with Crippen molar-refractivity contribution in [2.24, 2.45) is 11.3 Å². The maximum Gasteiger partial charge on any atom is 0.471 e. The molecule has 3 rings (SSSR count). The number of hydroxylamine groups is 2. The molecule has 1 aliphatic rings. The molecule has 2 atom stereocenters. The van der Waals surface area contributed by atoms with E-state index in [1.165, 1.54) is 24.3 Å². The average Bonchev–Trinajstić information content (AvgIpc) is 3.02. The lowest BCUT2D eigenvalue weighted by atomic mass is 9.99. The van der Waals surface area contributed by atoms with Crippen LogP contribution in [0.25, 0.3) is 11.4 Å². The monoisotopic (exact) mass is 451 g/mol. The second kappa shape index (κ2) is 7.45. The molecule has 1 amide bonds. The molecule has 11 heteroatoms. The minimum absolute atomic E-state index is 0.105. The summed E-state index contributed by atoms with van der Waals surface area (Å²) < 4.78 is 40.8. The van der Waals surface area contributed by atoms with Gasteiger partial charge in [-0.15, -0.1) is 23.2 Å². The number of rotatable bonds is 6. The number of amides is 1. The first-order valence-electron chi connectivity index (χ1n) is 8.73. The van der Waals surface area contributed by atoms with E-state index in [9.17, 15) is 18.0 Å². The number of halogens is 5. The average molecular weight is 452 g/mol. The van der Waals surface area contributed by atoms with Crippen LogP contribution in [0.1, 0.15) is 31.7 Å². The highest BCUT2D eigenvalue weighted by atomic mass is 35.5. The maximum atomic E-state index is 13.0. The summed E-state index contributed by atoms with van der Waals surface area (Å²) in [5.41, 5.74) is 0.0903. The second-order valence-electron chi connectivity index (χ2n) is 6.81. The van der Waals surface area contributed by atoms with Crippen LogP contribution in [0.15, 0.2) is 28.8 Å². The molecule has 2 unspecified atom stereocenters. The van der Waals surface area contributed by atoms with Crippen molar-refractivity contribution in [3.05, 3.63) is 35.7 Å². The van der Waals surface area contributed by atoms with E-state index >= 15 is 0 Å². The predicted octanol–water partition coefficient (Wildman–Crippen LogP) is 4.87. The normalized spacial score (nSPS) is 23.1. The number of nitrogens with zero attached hydrogens (tertiary/aromatic N) is 3. The molecule has 1 saturated carbocycles. The third kappa shape index (κ3) is 3.60. The van der Waals surface area contributed by atoms with Gasteiger partial charge in [-0.1, -0.05) is 43.3 Å². The van der Waals surface area contributed by atoms with Gasteiger partial charge in [-0.3, -0.25) is 9.63 Å². The van der Waals surface area contributed by atoms with Gasteiger partial charge in [-0.25, -0.2) is 5.06 Å². The lowest BCUT2D eigenvalue weighted by molar-refractivity contribution is -0.186. The molecule has 1 aromatic heterocycles. The summed E-state index contributed by atoms with van der Waals surface area (Å²) in [5, 5.41) is 4.52. The van der Waals surface area contributed by atoms with Crippen LogP contribution in [0, 0.1) is 11.3 Å². The SMILES string of the molecule is CCC1(C(=O)N(Cc2ccc(-c3noc(C(F)(F)F)n3)cc2)OC)C(C)C1(Cl)Cl. The Morgan fingerprint density at radius 3 is 2.31 bits per heavy atom. The number of carbonyl (C=O) groups is 1. The fourth-order valence-corrected chi connectivity index (χ4v) is 4.50. The summed E-state index contributed by atoms with van der Waals surface area (Å²) in [6.07, 6.45) is -4.25. The third-order valence-corrected chi connectivity index (χ3v) is 6.72. The lowest BCUT2D eigenvalue weighted by Crippen LogP contribution is -2.38. The maximum absolute atomic E-state index is 13.0. The van der Waals surface area contributed by atoms with Crippen LogP contribution < -0.4 is 0 Å². The zero-order valence-corrected chi connectivity index (χ0v) is 17.3. The molecule has 6 nitrogen and oxygen atoms in total. The van der Waals surface area contributed by atoms with Gasteiger partial charge < -0.3 is 4.52 Å². The zero-order valence-electron chi connectivity index (χ0n) is 15.8. The Hall–Kier alpha value is -1.84. The molecule has 158 valence electrons. The molecule has 0 spiro atoms. The van der Waals surface area contributed by atoms with E-state index in [2.05, 4.69) is 14.7 Å². The van der Waals surface area contributed by atoms with Gasteiger partial charge in [0.15, 0.2) is 0 Å². The summed E-state index contributed by atoms with van der Waals surface area (Å²) >= 11 is 12.6. The van der Waals surface area contributed by atoms with Crippen LogP contribution in [0.3, 0.4) is 0 Å². The van der Waals surface area contributed by atoms with Crippen LogP contribution in [-0.2, 0) is 22.4 Å². The molecule has 0 saturated heterocycles. The van der Waals surface area contributed by atoms with Crippen molar-refractivity contribution in [2.45, 2.75) is 37.3 Å². The quantitative estimate of drug-likeness (QED) is 0.463. The summed E-state index contributed by atoms with van der Waals surface area (Å²) in [4.78, 5) is 21.6. The van der Waals surface area contributed by atoms with Gasteiger partial charge in [0.05, 0.1) is 19.1 Å². The van der Waals surface area contributed by atoms with E-state index in [1.54, 1.807) is 12.1 Å². The highest BCUT2D eigenvalue weighted by molar-refractivity contribution is 6.53. The van der Waals surface area contributed by atoms with Crippen molar-refractivity contribution in [2.75, 3.05) is 7.11 Å². The Labute approximate surface area is 174 Å². The molecule has 1 aliphatic carbocycles. The Morgan fingerprint density at radius 2 is 1.90 bits per heavy atom. The predicted molar refractivity (Wildman–Crippen MR) is 98.6 cm³/mol. The fourth-order valence-electron chi connectivity index (χ4n) is 3.48. The molecule has 0 radical (unpaired) electrons. The molecule has 2 aromatic rings. The summed E-state index contributed by atoms with van der Waals surface area (Å²) in [7, 11) is 1.37. The topological polar surface area (TPSA) is 68.5 Å². The van der Waals surface area contributed by atoms with Crippen molar-refractivity contribution in [1.82, 2.24) is 15.2 Å². The number of alkyl halides is 5.